The van der Waals surface area contributed by atoms with Crippen LogP contribution >= 0.6 is 0 Å². The molecule has 4 nitrogen and oxygen atoms in total. The van der Waals surface area contributed by atoms with Crippen LogP contribution in [0.4, 0.5) is 0 Å². The monoisotopic (exact) mass is 279 g/mol. The fourth-order valence-corrected chi connectivity index (χ4v) is 2.43. The number of nitrogens with zero attached hydrogens (tertiary/aromatic N) is 3. The highest BCUT2D eigenvalue weighted by Crippen LogP contribution is 2.27. The lowest BCUT2D eigenvalue weighted by Crippen LogP contribution is -2.10. The fraction of sp³-hybridized carbons (Fsp3) is 0.176. The molecule has 0 fully saturated rings. The first-order chi connectivity index (χ1) is 10.2. The van der Waals surface area contributed by atoms with Crippen LogP contribution in [0.3, 0.4) is 0 Å². The molecule has 1 unspecified atom stereocenters. The minimum atomic E-state index is -0.750. The molecule has 0 aliphatic rings. The predicted molar refractivity (Wildman–Crippen MR) is 81.3 cm³/mol. The second-order valence-corrected chi connectivity index (χ2v) is 5.10. The number of aliphatic hydroxyl groups excluding tert-OH is 1. The van der Waals surface area contributed by atoms with Gasteiger partial charge >= 0.3 is 0 Å². The van der Waals surface area contributed by atoms with Crippen LogP contribution in [0.25, 0.3) is 5.69 Å². The van der Waals surface area contributed by atoms with Gasteiger partial charge in [0, 0.05) is 0 Å². The summed E-state index contributed by atoms with van der Waals surface area (Å²) in [5, 5.41) is 18.8. The summed E-state index contributed by atoms with van der Waals surface area (Å²) in [5.74, 6) is 0. The Kier molecular flexibility index (Phi) is 3.54. The van der Waals surface area contributed by atoms with E-state index in [9.17, 15) is 5.11 Å². The van der Waals surface area contributed by atoms with Crippen LogP contribution in [0.5, 0.6) is 0 Å². The molecule has 0 radical (unpaired) electrons. The predicted octanol–water partition coefficient (Wildman–Crippen LogP) is 2.97. The lowest BCUT2D eigenvalue weighted by Gasteiger charge is -2.16. The summed E-state index contributed by atoms with van der Waals surface area (Å²) in [4.78, 5) is 0. The maximum Gasteiger partial charge on any atom is 0.123 e. The maximum absolute atomic E-state index is 10.7. The van der Waals surface area contributed by atoms with Gasteiger partial charge in [0.15, 0.2) is 0 Å². The van der Waals surface area contributed by atoms with Gasteiger partial charge in [-0.2, -0.15) is 0 Å². The van der Waals surface area contributed by atoms with Gasteiger partial charge in [-0.15, -0.1) is 5.10 Å². The molecule has 0 aliphatic carbocycles. The van der Waals surface area contributed by atoms with E-state index in [0.717, 1.165) is 22.4 Å². The van der Waals surface area contributed by atoms with E-state index in [1.54, 1.807) is 10.9 Å². The van der Waals surface area contributed by atoms with E-state index >= 15 is 0 Å². The van der Waals surface area contributed by atoms with Crippen LogP contribution in [0, 0.1) is 13.8 Å². The van der Waals surface area contributed by atoms with E-state index in [-0.39, 0.29) is 0 Å². The minimum Gasteiger partial charge on any atom is -0.382 e. The number of hydrogen-bond donors (Lipinski definition) is 1. The Labute approximate surface area is 123 Å². The van der Waals surface area contributed by atoms with E-state index in [0.29, 0.717) is 5.69 Å². The van der Waals surface area contributed by atoms with Gasteiger partial charge in [0.2, 0.25) is 0 Å². The first kappa shape index (κ1) is 13.5. The number of rotatable bonds is 3. The summed E-state index contributed by atoms with van der Waals surface area (Å²) >= 11 is 0. The standard InChI is InChI=1S/C17H17N3O/c1-12-7-6-10-15(13(12)2)17(21)16-11-18-19-20(16)14-8-4-3-5-9-14/h3-11,17,21H,1-2H3. The Morgan fingerprint density at radius 3 is 2.52 bits per heavy atom. The SMILES string of the molecule is Cc1cccc(C(O)c2cnnn2-c2ccccc2)c1C. The molecule has 1 atom stereocenters. The van der Waals surface area contributed by atoms with Crippen molar-refractivity contribution in [1.29, 1.82) is 0 Å². The van der Waals surface area contributed by atoms with E-state index in [1.807, 2.05) is 62.4 Å². The van der Waals surface area contributed by atoms with Gasteiger partial charge < -0.3 is 5.11 Å². The van der Waals surface area contributed by atoms with Crippen molar-refractivity contribution in [3.8, 4) is 5.69 Å². The quantitative estimate of drug-likeness (QED) is 0.802. The van der Waals surface area contributed by atoms with Gasteiger partial charge in [-0.25, -0.2) is 4.68 Å². The molecule has 4 heteroatoms. The van der Waals surface area contributed by atoms with Gasteiger partial charge in [0.05, 0.1) is 17.6 Å². The maximum atomic E-state index is 10.7. The number of aliphatic hydroxyl groups is 1. The molecular weight excluding hydrogens is 262 g/mol. The highest BCUT2D eigenvalue weighted by atomic mass is 16.3. The second-order valence-electron chi connectivity index (χ2n) is 5.10. The molecule has 2 aromatic carbocycles. The molecule has 1 aromatic heterocycles. The van der Waals surface area contributed by atoms with Crippen molar-refractivity contribution in [2.24, 2.45) is 0 Å². The van der Waals surface area contributed by atoms with Crippen molar-refractivity contribution in [1.82, 2.24) is 15.0 Å². The highest BCUT2D eigenvalue weighted by Gasteiger charge is 2.19. The number of aromatic nitrogens is 3. The summed E-state index contributed by atoms with van der Waals surface area (Å²) in [5.41, 5.74) is 4.68. The van der Waals surface area contributed by atoms with Crippen molar-refractivity contribution in [2.75, 3.05) is 0 Å². The third kappa shape index (κ3) is 2.45. The molecule has 0 amide bonds. The molecule has 0 bridgehead atoms. The fourth-order valence-electron chi connectivity index (χ4n) is 2.43. The van der Waals surface area contributed by atoms with Gasteiger partial charge in [-0.05, 0) is 42.7 Å². The van der Waals surface area contributed by atoms with Crippen LogP contribution in [0.2, 0.25) is 0 Å². The molecule has 106 valence electrons. The summed E-state index contributed by atoms with van der Waals surface area (Å²) < 4.78 is 1.67. The van der Waals surface area contributed by atoms with Crippen LogP contribution in [0.1, 0.15) is 28.5 Å². The lowest BCUT2D eigenvalue weighted by atomic mass is 9.97. The van der Waals surface area contributed by atoms with Gasteiger partial charge in [-0.1, -0.05) is 41.6 Å². The number of para-hydroxylation sites is 1. The minimum absolute atomic E-state index is 0.662. The van der Waals surface area contributed by atoms with Crippen molar-refractivity contribution in [3.05, 3.63) is 77.1 Å². The van der Waals surface area contributed by atoms with Crippen molar-refractivity contribution in [2.45, 2.75) is 20.0 Å². The zero-order valence-electron chi connectivity index (χ0n) is 12.1. The summed E-state index contributed by atoms with van der Waals surface area (Å²) in [6.07, 6.45) is 0.861. The van der Waals surface area contributed by atoms with E-state index < -0.39 is 6.10 Å². The number of hydrogen-bond acceptors (Lipinski definition) is 3. The normalized spacial score (nSPS) is 12.3. The van der Waals surface area contributed by atoms with E-state index in [2.05, 4.69) is 10.3 Å². The summed E-state index contributed by atoms with van der Waals surface area (Å²) in [7, 11) is 0. The lowest BCUT2D eigenvalue weighted by molar-refractivity contribution is 0.211. The molecule has 21 heavy (non-hydrogen) atoms. The third-order valence-electron chi connectivity index (χ3n) is 3.80. The Balaban J connectivity index is 2.06. The molecule has 0 saturated carbocycles. The topological polar surface area (TPSA) is 50.9 Å². The Bertz CT molecular complexity index is 750. The molecule has 1 heterocycles. The molecule has 0 aliphatic heterocycles. The van der Waals surface area contributed by atoms with E-state index in [4.69, 9.17) is 0 Å². The highest BCUT2D eigenvalue weighted by molar-refractivity contribution is 5.39. The largest absolute Gasteiger partial charge is 0.382 e. The van der Waals surface area contributed by atoms with E-state index in [1.165, 1.54) is 0 Å². The molecule has 3 rings (SSSR count). The molecule has 1 N–H and O–H groups in total. The Hall–Kier alpha value is -2.46. The summed E-state index contributed by atoms with van der Waals surface area (Å²) in [6.45, 7) is 4.06. The Morgan fingerprint density at radius 1 is 1.00 bits per heavy atom. The van der Waals surface area contributed by atoms with Gasteiger partial charge in [-0.3, -0.25) is 0 Å². The summed E-state index contributed by atoms with van der Waals surface area (Å²) in [6, 6.07) is 15.6. The zero-order chi connectivity index (χ0) is 14.8. The van der Waals surface area contributed by atoms with Crippen LogP contribution in [0.15, 0.2) is 54.7 Å². The smallest absolute Gasteiger partial charge is 0.123 e. The molecule has 0 spiro atoms. The third-order valence-corrected chi connectivity index (χ3v) is 3.80. The van der Waals surface area contributed by atoms with Crippen molar-refractivity contribution >= 4 is 0 Å². The first-order valence-corrected chi connectivity index (χ1v) is 6.88. The molecule has 3 aromatic rings. The van der Waals surface area contributed by atoms with Crippen LogP contribution in [-0.2, 0) is 0 Å². The van der Waals surface area contributed by atoms with Gasteiger partial charge in [0.1, 0.15) is 6.10 Å². The number of aryl methyl sites for hydroxylation is 1. The number of benzene rings is 2. The van der Waals surface area contributed by atoms with Crippen molar-refractivity contribution in [3.63, 3.8) is 0 Å². The Morgan fingerprint density at radius 2 is 1.76 bits per heavy atom. The molecule has 0 saturated heterocycles. The van der Waals surface area contributed by atoms with Crippen LogP contribution in [-0.4, -0.2) is 20.1 Å². The average molecular weight is 279 g/mol. The average Bonchev–Trinajstić information content (AvgIpc) is 3.00. The van der Waals surface area contributed by atoms with Crippen LogP contribution < -0.4 is 0 Å². The van der Waals surface area contributed by atoms with Crippen molar-refractivity contribution < 1.29 is 5.11 Å². The molecular formula is C17H17N3O. The van der Waals surface area contributed by atoms with Gasteiger partial charge in [0.25, 0.3) is 0 Å². The second kappa shape index (κ2) is 5.50. The zero-order valence-corrected chi connectivity index (χ0v) is 12.1. The first-order valence-electron chi connectivity index (χ1n) is 6.88.